The topological polar surface area (TPSA) is 109 Å². The van der Waals surface area contributed by atoms with Crippen LogP contribution in [-0.2, 0) is 16.0 Å². The molecule has 0 aliphatic heterocycles. The quantitative estimate of drug-likeness (QED) is 0.669. The summed E-state index contributed by atoms with van der Waals surface area (Å²) in [5.74, 6) is -2.36. The second kappa shape index (κ2) is 8.72. The van der Waals surface area contributed by atoms with Crippen LogP contribution < -0.4 is 5.32 Å². The minimum atomic E-state index is -1.86. The summed E-state index contributed by atoms with van der Waals surface area (Å²) in [4.78, 5) is 43.4. The number of nitrogens with one attached hydrogen (secondary N) is 1. The summed E-state index contributed by atoms with van der Waals surface area (Å²) in [6, 6.07) is 5.15. The number of ketones is 1. The fourth-order valence-electron chi connectivity index (χ4n) is 3.16. The molecule has 7 nitrogen and oxygen atoms in total. The standard InChI is InChI=1S/C21H18Cl2FN3O4/c1-21(2)17(16(24)18(21)28)27-14(20(30)31)7-10-3-5-11(6-4-10)26-19(29)15-12(22)8-25-9-13(15)23/h3-6,8-9,14,16H,7H2,1-2H3,(H,26,29)(H,30,31)/t14-,16?/m0/s1. The van der Waals surface area contributed by atoms with E-state index < -0.39 is 35.3 Å². The largest absolute Gasteiger partial charge is 0.480 e. The molecule has 1 unspecified atom stereocenters. The Hall–Kier alpha value is -2.84. The first-order chi connectivity index (χ1) is 14.5. The Morgan fingerprint density at radius 2 is 1.81 bits per heavy atom. The highest BCUT2D eigenvalue weighted by Gasteiger charge is 2.54. The molecular weight excluding hydrogens is 448 g/mol. The number of hydrogen-bond donors (Lipinski definition) is 2. The summed E-state index contributed by atoms with van der Waals surface area (Å²) in [6.45, 7) is 3.03. The molecule has 1 fully saturated rings. The number of carbonyl (C=O) groups excluding carboxylic acids is 2. The van der Waals surface area contributed by atoms with E-state index in [1.54, 1.807) is 24.3 Å². The van der Waals surface area contributed by atoms with Gasteiger partial charge in [-0.3, -0.25) is 19.6 Å². The highest BCUT2D eigenvalue weighted by Crippen LogP contribution is 2.36. The van der Waals surface area contributed by atoms with E-state index in [0.29, 0.717) is 11.3 Å². The molecule has 1 aliphatic rings. The molecule has 0 bridgehead atoms. The van der Waals surface area contributed by atoms with Crippen LogP contribution in [-0.4, -0.2) is 45.7 Å². The van der Waals surface area contributed by atoms with Crippen LogP contribution in [0.1, 0.15) is 29.8 Å². The Morgan fingerprint density at radius 3 is 2.32 bits per heavy atom. The van der Waals surface area contributed by atoms with Gasteiger partial charge in [0.05, 0.1) is 26.7 Å². The maximum absolute atomic E-state index is 13.9. The number of anilines is 1. The summed E-state index contributed by atoms with van der Waals surface area (Å²) in [7, 11) is 0. The zero-order valence-electron chi connectivity index (χ0n) is 16.5. The SMILES string of the molecule is CC1(C)C(=O)C(F)C1=N[C@@H](Cc1ccc(NC(=O)c2c(Cl)cncc2Cl)cc1)C(=O)O. The van der Waals surface area contributed by atoms with Gasteiger partial charge in [-0.25, -0.2) is 9.18 Å². The van der Waals surface area contributed by atoms with E-state index in [4.69, 9.17) is 23.2 Å². The van der Waals surface area contributed by atoms with Crippen molar-refractivity contribution in [1.82, 2.24) is 4.98 Å². The van der Waals surface area contributed by atoms with Crippen molar-refractivity contribution < 1.29 is 23.9 Å². The molecule has 1 saturated carbocycles. The third-order valence-corrected chi connectivity index (χ3v) is 5.60. The average Bonchev–Trinajstić information content (AvgIpc) is 2.71. The summed E-state index contributed by atoms with van der Waals surface area (Å²) < 4.78 is 13.9. The lowest BCUT2D eigenvalue weighted by molar-refractivity contribution is -0.138. The van der Waals surface area contributed by atoms with Gasteiger partial charge in [0, 0.05) is 24.5 Å². The lowest BCUT2D eigenvalue weighted by Gasteiger charge is -2.38. The van der Waals surface area contributed by atoms with E-state index in [9.17, 15) is 23.9 Å². The molecule has 10 heteroatoms. The van der Waals surface area contributed by atoms with Gasteiger partial charge in [0.25, 0.3) is 5.91 Å². The zero-order chi connectivity index (χ0) is 22.9. The number of rotatable bonds is 6. The number of benzene rings is 1. The van der Waals surface area contributed by atoms with Crippen molar-refractivity contribution in [3.8, 4) is 0 Å². The summed E-state index contributed by atoms with van der Waals surface area (Å²) >= 11 is 12.0. The first kappa shape index (κ1) is 22.8. The van der Waals surface area contributed by atoms with E-state index in [2.05, 4.69) is 15.3 Å². The van der Waals surface area contributed by atoms with Crippen LogP contribution in [0.4, 0.5) is 10.1 Å². The van der Waals surface area contributed by atoms with Crippen molar-refractivity contribution in [3.05, 3.63) is 57.8 Å². The summed E-state index contributed by atoms with van der Waals surface area (Å²) in [5.41, 5.74) is -0.0296. The molecule has 3 rings (SSSR count). The van der Waals surface area contributed by atoms with Crippen molar-refractivity contribution in [2.75, 3.05) is 5.32 Å². The minimum Gasteiger partial charge on any atom is -0.480 e. The van der Waals surface area contributed by atoms with Crippen molar-refractivity contribution in [2.24, 2.45) is 10.4 Å². The fraction of sp³-hybridized carbons (Fsp3) is 0.286. The van der Waals surface area contributed by atoms with Crippen molar-refractivity contribution in [3.63, 3.8) is 0 Å². The van der Waals surface area contributed by atoms with E-state index >= 15 is 0 Å². The second-order valence-electron chi connectivity index (χ2n) is 7.55. The van der Waals surface area contributed by atoms with Crippen molar-refractivity contribution >= 4 is 52.3 Å². The molecule has 0 radical (unpaired) electrons. The number of carboxylic acid groups (broad SMARTS) is 1. The van der Waals surface area contributed by atoms with Gasteiger partial charge < -0.3 is 10.4 Å². The molecule has 0 saturated heterocycles. The number of carboxylic acids is 1. The molecule has 2 aromatic rings. The smallest absolute Gasteiger partial charge is 0.328 e. The molecule has 1 aliphatic carbocycles. The van der Waals surface area contributed by atoms with Crippen LogP contribution in [0.5, 0.6) is 0 Å². The zero-order valence-corrected chi connectivity index (χ0v) is 18.0. The third-order valence-electron chi connectivity index (χ3n) is 5.03. The van der Waals surface area contributed by atoms with Crippen molar-refractivity contribution in [1.29, 1.82) is 0 Å². The number of amides is 1. The number of aliphatic carboxylic acids is 1. The van der Waals surface area contributed by atoms with Gasteiger partial charge in [-0.15, -0.1) is 0 Å². The van der Waals surface area contributed by atoms with Gasteiger partial charge in [0.1, 0.15) is 0 Å². The Labute approximate surface area is 187 Å². The number of halogens is 3. The van der Waals surface area contributed by atoms with Gasteiger partial charge in [0.15, 0.2) is 18.0 Å². The third kappa shape index (κ3) is 4.60. The van der Waals surface area contributed by atoms with Crippen LogP contribution in [0.3, 0.4) is 0 Å². The Morgan fingerprint density at radius 1 is 1.23 bits per heavy atom. The number of aromatic nitrogens is 1. The molecule has 1 heterocycles. The molecule has 1 aromatic heterocycles. The van der Waals surface area contributed by atoms with Crippen molar-refractivity contribution in [2.45, 2.75) is 32.5 Å². The van der Waals surface area contributed by atoms with Crippen LogP contribution in [0, 0.1) is 5.41 Å². The highest BCUT2D eigenvalue weighted by molar-refractivity contribution is 6.40. The van der Waals surface area contributed by atoms with Gasteiger partial charge in [0.2, 0.25) is 0 Å². The Bertz CT molecular complexity index is 1070. The van der Waals surface area contributed by atoms with E-state index in [1.807, 2.05) is 0 Å². The first-order valence-corrected chi connectivity index (χ1v) is 9.96. The predicted octanol–water partition coefficient (Wildman–Crippen LogP) is 4.02. The van der Waals surface area contributed by atoms with Crippen LogP contribution in [0.2, 0.25) is 10.0 Å². The maximum atomic E-state index is 13.9. The molecule has 1 aromatic carbocycles. The van der Waals surface area contributed by atoms with E-state index in [1.165, 1.54) is 26.2 Å². The highest BCUT2D eigenvalue weighted by atomic mass is 35.5. The number of aliphatic imine (C=N–C) groups is 1. The summed E-state index contributed by atoms with van der Waals surface area (Å²) in [6.07, 6.45) is 0.739. The first-order valence-electron chi connectivity index (χ1n) is 9.21. The fourth-order valence-corrected chi connectivity index (χ4v) is 3.69. The van der Waals surface area contributed by atoms with Crippen LogP contribution in [0.15, 0.2) is 41.7 Å². The number of hydrogen-bond acceptors (Lipinski definition) is 5. The summed E-state index contributed by atoms with van der Waals surface area (Å²) in [5, 5.41) is 12.3. The number of pyridine rings is 1. The molecule has 31 heavy (non-hydrogen) atoms. The molecule has 2 atom stereocenters. The number of alkyl halides is 1. The monoisotopic (exact) mass is 465 g/mol. The van der Waals surface area contributed by atoms with Gasteiger partial charge in [-0.1, -0.05) is 35.3 Å². The molecule has 0 spiro atoms. The molecule has 162 valence electrons. The normalized spacial score (nSPS) is 19.6. The van der Waals surface area contributed by atoms with E-state index in [-0.39, 0.29) is 27.7 Å². The number of carbonyl (C=O) groups is 3. The average molecular weight is 466 g/mol. The minimum absolute atomic E-state index is 0.00788. The molecule has 2 N–H and O–H groups in total. The van der Waals surface area contributed by atoms with Gasteiger partial charge in [-0.05, 0) is 31.5 Å². The number of nitrogens with zero attached hydrogens (tertiary/aromatic N) is 2. The predicted molar refractivity (Wildman–Crippen MR) is 115 cm³/mol. The second-order valence-corrected chi connectivity index (χ2v) is 8.37. The van der Waals surface area contributed by atoms with Gasteiger partial charge in [-0.2, -0.15) is 0 Å². The lowest BCUT2D eigenvalue weighted by Crippen LogP contribution is -2.57. The molecular formula is C21H18Cl2FN3O4. The van der Waals surface area contributed by atoms with Crippen LogP contribution in [0.25, 0.3) is 0 Å². The van der Waals surface area contributed by atoms with Gasteiger partial charge >= 0.3 is 5.97 Å². The number of Topliss-reactive ketones (excluding diaryl/α,β-unsaturated/α-hetero) is 1. The Balaban J connectivity index is 1.73. The Kier molecular flexibility index (Phi) is 6.43. The molecule has 1 amide bonds. The van der Waals surface area contributed by atoms with E-state index in [0.717, 1.165) is 0 Å². The van der Waals surface area contributed by atoms with Crippen LogP contribution >= 0.6 is 23.2 Å². The lowest BCUT2D eigenvalue weighted by atomic mass is 9.67. The maximum Gasteiger partial charge on any atom is 0.328 e.